The Kier molecular flexibility index (Phi) is 5.62. The Hall–Kier alpha value is -3.06. The molecule has 31 heavy (non-hydrogen) atoms. The minimum atomic E-state index is -2.32. The largest absolute Gasteiger partial charge is 0.359 e. The van der Waals surface area contributed by atoms with Crippen LogP contribution in [0.3, 0.4) is 0 Å². The highest BCUT2D eigenvalue weighted by Gasteiger charge is 2.52. The van der Waals surface area contributed by atoms with Crippen molar-refractivity contribution in [2.75, 3.05) is 10.2 Å². The summed E-state index contributed by atoms with van der Waals surface area (Å²) >= 11 is 12.2. The van der Waals surface area contributed by atoms with E-state index in [1.165, 1.54) is 18.2 Å². The van der Waals surface area contributed by atoms with Crippen molar-refractivity contribution in [3.05, 3.63) is 94.0 Å². The van der Waals surface area contributed by atoms with E-state index in [1.54, 1.807) is 31.2 Å². The lowest BCUT2D eigenvalue weighted by molar-refractivity contribution is -0.141. The number of carbonyl (C=O) groups is 2. The number of carbonyl (C=O) groups excluding carboxylic acids is 2. The van der Waals surface area contributed by atoms with E-state index in [4.69, 9.17) is 23.2 Å². The number of aliphatic hydroxyl groups is 1. The van der Waals surface area contributed by atoms with Crippen molar-refractivity contribution in [3.63, 3.8) is 0 Å². The van der Waals surface area contributed by atoms with E-state index in [2.05, 4.69) is 10.6 Å². The van der Waals surface area contributed by atoms with Crippen molar-refractivity contribution < 1.29 is 14.7 Å². The number of halogens is 2. The van der Waals surface area contributed by atoms with Crippen LogP contribution in [0.4, 0.5) is 16.2 Å². The summed E-state index contributed by atoms with van der Waals surface area (Å²) in [6.45, 7) is 1.80. The Balaban J connectivity index is 1.81. The molecule has 2 atom stereocenters. The van der Waals surface area contributed by atoms with Gasteiger partial charge in [0, 0.05) is 5.56 Å². The predicted octanol–water partition coefficient (Wildman–Crippen LogP) is 5.07. The zero-order chi connectivity index (χ0) is 22.2. The van der Waals surface area contributed by atoms with Crippen LogP contribution < -0.4 is 15.5 Å². The van der Waals surface area contributed by atoms with Crippen LogP contribution in [0, 0.1) is 0 Å². The number of anilines is 2. The summed E-state index contributed by atoms with van der Waals surface area (Å²) in [5, 5.41) is 17.8. The smallest absolute Gasteiger partial charge is 0.329 e. The third-order valence-corrected chi connectivity index (χ3v) is 5.94. The Labute approximate surface area is 189 Å². The second kappa shape index (κ2) is 8.23. The number of benzene rings is 3. The molecule has 0 radical (unpaired) electrons. The molecular weight excluding hydrogens is 437 g/mol. The maximum atomic E-state index is 13.5. The fraction of sp³-hybridized carbons (Fsp3) is 0.130. The van der Waals surface area contributed by atoms with Gasteiger partial charge in [-0.1, -0.05) is 71.7 Å². The minimum Gasteiger partial charge on any atom is -0.359 e. The van der Waals surface area contributed by atoms with E-state index in [1.807, 2.05) is 30.3 Å². The fourth-order valence-corrected chi connectivity index (χ4v) is 3.90. The van der Waals surface area contributed by atoms with Crippen LogP contribution >= 0.6 is 23.2 Å². The molecule has 6 nitrogen and oxygen atoms in total. The van der Waals surface area contributed by atoms with E-state index >= 15 is 0 Å². The number of hydrogen-bond donors (Lipinski definition) is 3. The number of fused-ring (bicyclic) bond motifs is 1. The van der Waals surface area contributed by atoms with Crippen molar-refractivity contribution in [2.24, 2.45) is 0 Å². The number of para-hydroxylation sites is 1. The summed E-state index contributed by atoms with van der Waals surface area (Å²) in [6.07, 6.45) is 0. The quantitative estimate of drug-likeness (QED) is 0.513. The maximum absolute atomic E-state index is 13.5. The molecule has 0 spiro atoms. The van der Waals surface area contributed by atoms with Crippen LogP contribution in [0.25, 0.3) is 0 Å². The van der Waals surface area contributed by atoms with E-state index < -0.39 is 23.7 Å². The molecular formula is C23H19Cl2N3O3. The topological polar surface area (TPSA) is 81.7 Å². The van der Waals surface area contributed by atoms with Gasteiger partial charge in [-0.25, -0.2) is 4.79 Å². The first-order chi connectivity index (χ1) is 14.8. The molecule has 0 bridgehead atoms. The highest BCUT2D eigenvalue weighted by atomic mass is 35.5. The minimum absolute atomic E-state index is 0.186. The van der Waals surface area contributed by atoms with Gasteiger partial charge in [0.2, 0.25) is 0 Å². The summed E-state index contributed by atoms with van der Waals surface area (Å²) < 4.78 is 0. The number of nitrogens with one attached hydrogen (secondary N) is 2. The number of urea groups is 1. The zero-order valence-corrected chi connectivity index (χ0v) is 18.0. The number of amides is 3. The Morgan fingerprint density at radius 1 is 1.03 bits per heavy atom. The van der Waals surface area contributed by atoms with Gasteiger partial charge in [-0.05, 0) is 36.8 Å². The van der Waals surface area contributed by atoms with Gasteiger partial charge in [-0.2, -0.15) is 0 Å². The van der Waals surface area contributed by atoms with Gasteiger partial charge in [0.15, 0.2) is 0 Å². The monoisotopic (exact) mass is 455 g/mol. The lowest BCUT2D eigenvalue weighted by Gasteiger charge is -2.43. The van der Waals surface area contributed by atoms with E-state index in [-0.39, 0.29) is 21.3 Å². The third-order valence-electron chi connectivity index (χ3n) is 5.20. The fourth-order valence-electron chi connectivity index (χ4n) is 3.61. The van der Waals surface area contributed by atoms with Crippen LogP contribution in [0.5, 0.6) is 0 Å². The molecule has 158 valence electrons. The summed E-state index contributed by atoms with van der Waals surface area (Å²) in [4.78, 5) is 27.5. The highest BCUT2D eigenvalue weighted by molar-refractivity contribution is 6.42. The van der Waals surface area contributed by atoms with Crippen LogP contribution in [-0.4, -0.2) is 17.0 Å². The molecule has 1 heterocycles. The lowest BCUT2D eigenvalue weighted by atomic mass is 9.94. The molecule has 0 saturated heterocycles. The standard InChI is InChI=1S/C23H19Cl2N3O3/c1-14(15-7-3-2-4-8-15)26-21(29)23(31)17-9-5-6-10-20(17)27-22(30)28(23)16-11-12-18(24)19(25)13-16/h2-14,31H,1H3,(H,26,29)(H,27,30)/t14-,23+/m0/s1. The van der Waals surface area contributed by atoms with Gasteiger partial charge >= 0.3 is 6.03 Å². The Morgan fingerprint density at radius 2 is 1.71 bits per heavy atom. The normalized spacial score (nSPS) is 18.7. The van der Waals surface area contributed by atoms with Crippen molar-refractivity contribution in [2.45, 2.75) is 18.7 Å². The molecule has 3 aromatic carbocycles. The average molecular weight is 456 g/mol. The Morgan fingerprint density at radius 3 is 2.42 bits per heavy atom. The maximum Gasteiger partial charge on any atom is 0.329 e. The lowest BCUT2D eigenvalue weighted by Crippen LogP contribution is -2.62. The first-order valence-electron chi connectivity index (χ1n) is 9.56. The van der Waals surface area contributed by atoms with Gasteiger partial charge in [0.05, 0.1) is 27.5 Å². The molecule has 0 saturated carbocycles. The number of nitrogens with zero attached hydrogens (tertiary/aromatic N) is 1. The van der Waals surface area contributed by atoms with Crippen LogP contribution in [-0.2, 0) is 10.5 Å². The molecule has 3 amide bonds. The average Bonchev–Trinajstić information content (AvgIpc) is 2.76. The molecule has 0 aliphatic carbocycles. The van der Waals surface area contributed by atoms with Crippen molar-refractivity contribution in [1.29, 1.82) is 0 Å². The second-order valence-corrected chi connectivity index (χ2v) is 8.00. The van der Waals surface area contributed by atoms with Gasteiger partial charge in [0.25, 0.3) is 11.6 Å². The van der Waals surface area contributed by atoms with Gasteiger partial charge in [0.1, 0.15) is 0 Å². The molecule has 8 heteroatoms. The predicted molar refractivity (Wildman–Crippen MR) is 121 cm³/mol. The van der Waals surface area contributed by atoms with Gasteiger partial charge in [-0.3, -0.25) is 9.69 Å². The molecule has 3 N–H and O–H groups in total. The Bertz CT molecular complexity index is 1160. The van der Waals surface area contributed by atoms with Crippen LogP contribution in [0.2, 0.25) is 10.0 Å². The molecule has 0 aromatic heterocycles. The highest BCUT2D eigenvalue weighted by Crippen LogP contribution is 2.41. The number of rotatable bonds is 4. The van der Waals surface area contributed by atoms with Gasteiger partial charge < -0.3 is 15.7 Å². The SMILES string of the molecule is C[C@H](NC(=O)[C@]1(O)c2ccccc2NC(=O)N1c1ccc(Cl)c(Cl)c1)c1ccccc1. The molecule has 1 aliphatic rings. The van der Waals surface area contributed by atoms with Crippen molar-refractivity contribution in [1.82, 2.24) is 5.32 Å². The zero-order valence-electron chi connectivity index (χ0n) is 16.5. The third kappa shape index (κ3) is 3.74. The second-order valence-electron chi connectivity index (χ2n) is 7.19. The summed E-state index contributed by atoms with van der Waals surface area (Å²) in [7, 11) is 0. The summed E-state index contributed by atoms with van der Waals surface area (Å²) in [5.74, 6) is -0.753. The van der Waals surface area contributed by atoms with Crippen LogP contribution in [0.1, 0.15) is 24.1 Å². The first-order valence-corrected chi connectivity index (χ1v) is 10.3. The van der Waals surface area contributed by atoms with Crippen molar-refractivity contribution >= 4 is 46.5 Å². The molecule has 0 unspecified atom stereocenters. The molecule has 3 aromatic rings. The van der Waals surface area contributed by atoms with E-state index in [9.17, 15) is 14.7 Å². The van der Waals surface area contributed by atoms with Crippen LogP contribution in [0.15, 0.2) is 72.8 Å². The van der Waals surface area contributed by atoms with Crippen molar-refractivity contribution in [3.8, 4) is 0 Å². The number of hydrogen-bond acceptors (Lipinski definition) is 3. The molecule has 4 rings (SSSR count). The van der Waals surface area contributed by atoms with E-state index in [0.717, 1.165) is 10.5 Å². The molecule has 0 fully saturated rings. The molecule has 1 aliphatic heterocycles. The van der Waals surface area contributed by atoms with Gasteiger partial charge in [-0.15, -0.1) is 0 Å². The first kappa shape index (κ1) is 21.2. The summed E-state index contributed by atoms with van der Waals surface area (Å²) in [5.41, 5.74) is -0.674. The van der Waals surface area contributed by atoms with E-state index in [0.29, 0.717) is 5.69 Å². The summed E-state index contributed by atoms with van der Waals surface area (Å²) in [6, 6.07) is 19.3.